The van der Waals surface area contributed by atoms with Gasteiger partial charge in [-0.05, 0) is 55.7 Å². The first-order valence-electron chi connectivity index (χ1n) is 15.5. The Morgan fingerprint density at radius 1 is 1.05 bits per heavy atom. The van der Waals surface area contributed by atoms with E-state index in [4.69, 9.17) is 14.2 Å². The summed E-state index contributed by atoms with van der Waals surface area (Å²) in [5.74, 6) is 0.912. The summed E-state index contributed by atoms with van der Waals surface area (Å²) in [5, 5.41) is 9.40. The molecule has 0 aromatic heterocycles. The average molecular weight is 605 g/mol. The molecule has 3 amide bonds. The highest BCUT2D eigenvalue weighted by atomic mass is 16.5. The second-order valence-corrected chi connectivity index (χ2v) is 12.0. The van der Waals surface area contributed by atoms with Crippen molar-refractivity contribution < 1.29 is 28.6 Å². The summed E-state index contributed by atoms with van der Waals surface area (Å²) in [5.41, 5.74) is 0.952. The second kappa shape index (κ2) is 14.7. The molecule has 44 heavy (non-hydrogen) atoms. The molecule has 3 aliphatic heterocycles. The van der Waals surface area contributed by atoms with Crippen LogP contribution in [0.5, 0.6) is 11.5 Å². The van der Waals surface area contributed by atoms with Gasteiger partial charge in [0.15, 0.2) is 0 Å². The lowest BCUT2D eigenvalue weighted by Gasteiger charge is -2.40. The van der Waals surface area contributed by atoms with Gasteiger partial charge in [0.25, 0.3) is 0 Å². The van der Waals surface area contributed by atoms with Gasteiger partial charge in [-0.2, -0.15) is 0 Å². The maximum atomic E-state index is 13.8. The number of methoxy groups -OCH3 is 2. The number of piperidine rings is 1. The van der Waals surface area contributed by atoms with Gasteiger partial charge in [-0.25, -0.2) is 0 Å². The van der Waals surface area contributed by atoms with Crippen LogP contribution in [0.2, 0.25) is 0 Å². The highest BCUT2D eigenvalue weighted by molar-refractivity contribution is 5.94. The lowest BCUT2D eigenvalue weighted by Crippen LogP contribution is -2.58. The van der Waals surface area contributed by atoms with Crippen LogP contribution in [0.25, 0.3) is 0 Å². The van der Waals surface area contributed by atoms with Gasteiger partial charge >= 0.3 is 0 Å². The summed E-state index contributed by atoms with van der Waals surface area (Å²) in [6, 6.07) is 14.3. The Morgan fingerprint density at radius 2 is 1.84 bits per heavy atom. The van der Waals surface area contributed by atoms with Crippen molar-refractivity contribution in [3.8, 4) is 11.5 Å². The fourth-order valence-electron chi connectivity index (χ4n) is 6.50. The third kappa shape index (κ3) is 7.78. The van der Waals surface area contributed by atoms with E-state index in [0.29, 0.717) is 75.6 Å². The summed E-state index contributed by atoms with van der Waals surface area (Å²) >= 11 is 0. The minimum Gasteiger partial charge on any atom is -0.497 e. The number of nitrogens with zero attached hydrogens (tertiary/aromatic N) is 1. The van der Waals surface area contributed by atoms with Gasteiger partial charge in [0.05, 0.1) is 31.9 Å². The van der Waals surface area contributed by atoms with Gasteiger partial charge in [0, 0.05) is 44.8 Å². The normalized spacial score (nSPS) is 24.9. The fraction of sp³-hybridized carbons (Fsp3) is 0.500. The van der Waals surface area contributed by atoms with Crippen LogP contribution >= 0.6 is 0 Å². The average Bonchev–Trinajstić information content (AvgIpc) is 3.04. The molecule has 0 unspecified atom stereocenters. The monoisotopic (exact) mass is 604 g/mol. The molecule has 0 aliphatic carbocycles. The van der Waals surface area contributed by atoms with Gasteiger partial charge < -0.3 is 30.2 Å². The maximum Gasteiger partial charge on any atom is 0.243 e. The van der Waals surface area contributed by atoms with Crippen molar-refractivity contribution in [3.63, 3.8) is 0 Å². The van der Waals surface area contributed by atoms with Crippen LogP contribution in [0.4, 0.5) is 5.69 Å². The number of nitrogens with one attached hydrogen (secondary N) is 3. The third-order valence-corrected chi connectivity index (χ3v) is 9.14. The molecule has 1 spiro atoms. The molecule has 236 valence electrons. The van der Waals surface area contributed by atoms with E-state index in [0.717, 1.165) is 12.0 Å². The molecule has 10 heteroatoms. The Labute approximate surface area is 259 Å². The quantitative estimate of drug-likeness (QED) is 0.415. The molecule has 3 heterocycles. The van der Waals surface area contributed by atoms with Crippen molar-refractivity contribution in [2.24, 2.45) is 11.3 Å². The van der Waals surface area contributed by atoms with Crippen LogP contribution in [-0.2, 0) is 25.5 Å². The highest BCUT2D eigenvalue weighted by Crippen LogP contribution is 2.36. The number of carbonyl (C=O) groups is 3. The fourth-order valence-corrected chi connectivity index (χ4v) is 6.50. The molecule has 2 saturated heterocycles. The summed E-state index contributed by atoms with van der Waals surface area (Å²) in [7, 11) is 3.14. The molecule has 3 atom stereocenters. The Kier molecular flexibility index (Phi) is 10.6. The van der Waals surface area contributed by atoms with Crippen molar-refractivity contribution in [1.82, 2.24) is 15.5 Å². The van der Waals surface area contributed by atoms with E-state index >= 15 is 0 Å². The van der Waals surface area contributed by atoms with Crippen molar-refractivity contribution in [3.05, 3.63) is 66.2 Å². The van der Waals surface area contributed by atoms with E-state index in [1.165, 1.54) is 0 Å². The number of likely N-dealkylation sites (tertiary alicyclic amines) is 1. The lowest BCUT2D eigenvalue weighted by atomic mass is 9.75. The maximum absolute atomic E-state index is 13.8. The number of hydrogen-bond acceptors (Lipinski definition) is 7. The second-order valence-electron chi connectivity index (χ2n) is 12.0. The number of carbonyl (C=O) groups excluding carboxylic acids is 3. The van der Waals surface area contributed by atoms with Gasteiger partial charge in [-0.1, -0.05) is 42.5 Å². The van der Waals surface area contributed by atoms with Crippen LogP contribution in [0, 0.1) is 11.3 Å². The number of allylic oxidation sites excluding steroid dienone is 2. The molecule has 0 radical (unpaired) electrons. The minimum atomic E-state index is -0.685. The highest BCUT2D eigenvalue weighted by Gasteiger charge is 2.41. The predicted molar refractivity (Wildman–Crippen MR) is 168 cm³/mol. The summed E-state index contributed by atoms with van der Waals surface area (Å²) in [6.07, 6.45) is 7.97. The van der Waals surface area contributed by atoms with E-state index in [1.807, 2.05) is 30.3 Å². The number of anilines is 1. The number of benzene rings is 2. The van der Waals surface area contributed by atoms with E-state index in [9.17, 15) is 14.4 Å². The summed E-state index contributed by atoms with van der Waals surface area (Å²) in [6.45, 7) is 2.59. The molecule has 10 nitrogen and oxygen atoms in total. The molecule has 3 aliphatic rings. The van der Waals surface area contributed by atoms with Crippen LogP contribution in [0.15, 0.2) is 60.7 Å². The molecule has 2 fully saturated rings. The molecule has 5 rings (SSSR count). The number of ether oxygens (including phenoxy) is 3. The Bertz CT molecular complexity index is 1330. The van der Waals surface area contributed by atoms with Gasteiger partial charge in [-0.15, -0.1) is 0 Å². The Balaban J connectivity index is 1.31. The van der Waals surface area contributed by atoms with Crippen molar-refractivity contribution in [2.45, 2.75) is 50.6 Å². The molecule has 2 aromatic rings. The molecule has 3 N–H and O–H groups in total. The number of hydrogen-bond donors (Lipinski definition) is 3. The van der Waals surface area contributed by atoms with Gasteiger partial charge in [0.2, 0.25) is 17.7 Å². The van der Waals surface area contributed by atoms with E-state index in [-0.39, 0.29) is 36.2 Å². The Morgan fingerprint density at radius 3 is 2.59 bits per heavy atom. The zero-order chi connectivity index (χ0) is 30.9. The zero-order valence-electron chi connectivity index (χ0n) is 25.7. The van der Waals surface area contributed by atoms with Crippen LogP contribution in [-0.4, -0.2) is 81.8 Å². The standard InChI is InChI=1S/C34H44N4O6/c1-42-26-11-12-30(43-2)28(21-26)35-31(39)23-38-17-13-27-25(22-38)10-6-7-14-34(15-18-44-19-16-34)33(41)37-29(32(40)36-27)20-24-8-4-3-5-9-24/h3-9,11-12,21,25,27,29H,10,13-20,22-23H2,1-2H3,(H,35,39)(H,36,40)(H,37,41)/b7-6+/t25-,27+,29-/m0/s1. The molecular formula is C34H44N4O6. The van der Waals surface area contributed by atoms with Gasteiger partial charge in [0.1, 0.15) is 17.5 Å². The minimum absolute atomic E-state index is 0.0726. The summed E-state index contributed by atoms with van der Waals surface area (Å²) in [4.78, 5) is 42.8. The van der Waals surface area contributed by atoms with Gasteiger partial charge in [-0.3, -0.25) is 19.3 Å². The van der Waals surface area contributed by atoms with E-state index in [1.54, 1.807) is 32.4 Å². The van der Waals surface area contributed by atoms with E-state index < -0.39 is 11.5 Å². The smallest absolute Gasteiger partial charge is 0.243 e. The molecular weight excluding hydrogens is 560 g/mol. The van der Waals surface area contributed by atoms with E-state index in [2.05, 4.69) is 33.0 Å². The number of amides is 3. The Hall–Kier alpha value is -3.89. The first kappa shape index (κ1) is 31.5. The zero-order valence-corrected chi connectivity index (χ0v) is 25.7. The summed E-state index contributed by atoms with van der Waals surface area (Å²) < 4.78 is 16.3. The largest absolute Gasteiger partial charge is 0.497 e. The van der Waals surface area contributed by atoms with Crippen molar-refractivity contribution in [2.75, 3.05) is 52.4 Å². The number of rotatable bonds is 7. The topological polar surface area (TPSA) is 118 Å². The molecule has 2 aromatic carbocycles. The van der Waals surface area contributed by atoms with Crippen LogP contribution in [0.3, 0.4) is 0 Å². The lowest BCUT2D eigenvalue weighted by molar-refractivity contribution is -0.140. The van der Waals surface area contributed by atoms with Crippen LogP contribution < -0.4 is 25.4 Å². The SMILES string of the molecule is COc1ccc(OC)c(NC(=O)CN2CC[C@H]3NC(=O)[C@H](Cc4ccccc4)NC(=O)C4(C/C=C/C[C@H]3C2)CCOCC4)c1. The molecule has 0 saturated carbocycles. The predicted octanol–water partition coefficient (Wildman–Crippen LogP) is 3.32. The number of fused-ring (bicyclic) bond motifs is 1. The van der Waals surface area contributed by atoms with Crippen molar-refractivity contribution >= 4 is 23.4 Å². The van der Waals surface area contributed by atoms with Crippen LogP contribution in [0.1, 0.15) is 37.7 Å². The van der Waals surface area contributed by atoms with Crippen molar-refractivity contribution in [1.29, 1.82) is 0 Å². The first-order chi connectivity index (χ1) is 21.4. The third-order valence-electron chi connectivity index (χ3n) is 9.14. The first-order valence-corrected chi connectivity index (χ1v) is 15.5. The molecule has 0 bridgehead atoms.